The van der Waals surface area contributed by atoms with Crippen molar-refractivity contribution in [1.82, 2.24) is 25.1 Å². The molecule has 0 aromatic carbocycles. The molecule has 2 atom stereocenters. The summed E-state index contributed by atoms with van der Waals surface area (Å²) in [6, 6.07) is 4.24. The molecule has 1 spiro atoms. The average molecular weight is 446 g/mol. The Bertz CT molecular complexity index is 1240. The molecule has 6 rings (SSSR count). The number of nitrogens with zero attached hydrogens (tertiary/aromatic N) is 7. The van der Waals surface area contributed by atoms with E-state index < -0.39 is 0 Å². The molecule has 170 valence electrons. The monoisotopic (exact) mass is 445 g/mol. The van der Waals surface area contributed by atoms with Gasteiger partial charge in [-0.25, -0.2) is 15.0 Å². The molecule has 3 aromatic rings. The number of fused-ring (bicyclic) bond motifs is 2. The van der Waals surface area contributed by atoms with Gasteiger partial charge in [0.15, 0.2) is 17.0 Å². The smallest absolute Gasteiger partial charge is 0.183 e. The number of nitriles is 1. The number of hydrogen-bond acceptors (Lipinski definition) is 9. The molecule has 0 bridgehead atoms. The lowest BCUT2D eigenvalue weighted by molar-refractivity contribution is 0.0974. The molecule has 10 heteroatoms. The van der Waals surface area contributed by atoms with Crippen molar-refractivity contribution >= 4 is 28.5 Å². The van der Waals surface area contributed by atoms with E-state index in [4.69, 9.17) is 20.4 Å². The number of ether oxygens (including phenoxy) is 1. The quantitative estimate of drug-likeness (QED) is 0.608. The van der Waals surface area contributed by atoms with Crippen LogP contribution in [0.5, 0.6) is 0 Å². The van der Waals surface area contributed by atoms with Crippen LogP contribution in [0, 0.1) is 16.7 Å². The predicted octanol–water partition coefficient (Wildman–Crippen LogP) is 2.04. The highest BCUT2D eigenvalue weighted by Gasteiger charge is 2.47. The van der Waals surface area contributed by atoms with E-state index in [9.17, 15) is 5.26 Å². The van der Waals surface area contributed by atoms with E-state index in [2.05, 4.69) is 38.0 Å². The number of aromatic amines is 1. The normalized spacial score (nSPS) is 24.3. The predicted molar refractivity (Wildman–Crippen MR) is 123 cm³/mol. The van der Waals surface area contributed by atoms with Gasteiger partial charge in [-0.3, -0.25) is 5.10 Å². The summed E-state index contributed by atoms with van der Waals surface area (Å²) in [5.41, 5.74) is 10.4. The minimum atomic E-state index is 0.0768. The summed E-state index contributed by atoms with van der Waals surface area (Å²) in [4.78, 5) is 18.2. The van der Waals surface area contributed by atoms with Crippen LogP contribution in [-0.4, -0.2) is 63.5 Å². The SMILES string of the molecule is C[C@@H]1OCC2(CCN(c3cnc4c(N5CCCc6c5ccnc6C#N)n[nH]c4n3)CC2)[C@@H]1N. The molecule has 0 aliphatic carbocycles. The third kappa shape index (κ3) is 3.14. The van der Waals surface area contributed by atoms with Crippen LogP contribution in [0.3, 0.4) is 0 Å². The lowest BCUT2D eigenvalue weighted by Crippen LogP contribution is -2.50. The molecule has 0 unspecified atom stereocenters. The largest absolute Gasteiger partial charge is 0.376 e. The van der Waals surface area contributed by atoms with Crippen LogP contribution in [0.1, 0.15) is 37.4 Å². The van der Waals surface area contributed by atoms with Gasteiger partial charge in [0.2, 0.25) is 0 Å². The molecule has 3 aliphatic rings. The zero-order valence-corrected chi connectivity index (χ0v) is 18.7. The summed E-state index contributed by atoms with van der Waals surface area (Å²) < 4.78 is 5.85. The van der Waals surface area contributed by atoms with Crippen molar-refractivity contribution < 1.29 is 4.74 Å². The Morgan fingerprint density at radius 3 is 2.88 bits per heavy atom. The molecule has 2 fully saturated rings. The molecule has 0 saturated carbocycles. The first-order chi connectivity index (χ1) is 16.1. The molecule has 3 aliphatic heterocycles. The van der Waals surface area contributed by atoms with Crippen LogP contribution >= 0.6 is 0 Å². The van der Waals surface area contributed by atoms with Crippen molar-refractivity contribution in [1.29, 1.82) is 5.26 Å². The van der Waals surface area contributed by atoms with E-state index in [-0.39, 0.29) is 17.6 Å². The molecule has 0 amide bonds. The van der Waals surface area contributed by atoms with Crippen LogP contribution in [0.4, 0.5) is 17.3 Å². The van der Waals surface area contributed by atoms with Gasteiger partial charge in [-0.15, -0.1) is 0 Å². The number of nitrogens with one attached hydrogen (secondary N) is 1. The summed E-state index contributed by atoms with van der Waals surface area (Å²) in [7, 11) is 0. The third-order valence-electron chi connectivity index (χ3n) is 7.66. The second-order valence-electron chi connectivity index (χ2n) is 9.39. The van der Waals surface area contributed by atoms with Crippen LogP contribution < -0.4 is 15.5 Å². The Balaban J connectivity index is 1.26. The van der Waals surface area contributed by atoms with Gasteiger partial charge in [0.25, 0.3) is 0 Å². The second kappa shape index (κ2) is 7.64. The van der Waals surface area contributed by atoms with Crippen molar-refractivity contribution in [3.63, 3.8) is 0 Å². The number of hydrogen-bond donors (Lipinski definition) is 2. The van der Waals surface area contributed by atoms with Gasteiger partial charge >= 0.3 is 0 Å². The van der Waals surface area contributed by atoms with Crippen LogP contribution in [0.25, 0.3) is 11.2 Å². The van der Waals surface area contributed by atoms with Gasteiger partial charge in [0.1, 0.15) is 17.6 Å². The summed E-state index contributed by atoms with van der Waals surface area (Å²) in [5, 5.41) is 17.1. The van der Waals surface area contributed by atoms with Crippen molar-refractivity contribution in [3.8, 4) is 6.07 Å². The molecule has 10 nitrogen and oxygen atoms in total. The fourth-order valence-electron chi connectivity index (χ4n) is 5.61. The number of piperidine rings is 1. The molecular weight excluding hydrogens is 418 g/mol. The Labute approximate surface area is 191 Å². The van der Waals surface area contributed by atoms with Gasteiger partial charge in [0, 0.05) is 42.9 Å². The second-order valence-corrected chi connectivity index (χ2v) is 9.39. The third-order valence-corrected chi connectivity index (χ3v) is 7.66. The maximum Gasteiger partial charge on any atom is 0.183 e. The Kier molecular flexibility index (Phi) is 4.71. The highest BCUT2D eigenvalue weighted by molar-refractivity contribution is 5.88. The van der Waals surface area contributed by atoms with Gasteiger partial charge in [0.05, 0.1) is 24.6 Å². The summed E-state index contributed by atoms with van der Waals surface area (Å²) in [6.07, 6.45) is 7.39. The maximum atomic E-state index is 9.44. The Morgan fingerprint density at radius 2 is 2.12 bits per heavy atom. The number of H-pyrrole nitrogens is 1. The highest BCUT2D eigenvalue weighted by atomic mass is 16.5. The fraction of sp³-hybridized carbons (Fsp3) is 0.522. The van der Waals surface area contributed by atoms with E-state index in [0.717, 1.165) is 80.3 Å². The minimum Gasteiger partial charge on any atom is -0.376 e. The Hall–Kier alpha value is -3.29. The zero-order chi connectivity index (χ0) is 22.6. The molecule has 3 aromatic heterocycles. The molecule has 0 radical (unpaired) electrons. The standard InChI is InChI=1S/C23H27N9O/c1-14-20(25)23(13-33-14)5-9-31(10-6-23)18-12-27-19-21(28-18)29-30-22(19)32-8-2-3-15-16(11-24)26-7-4-17(15)32/h4,7,12,14,20H,2-3,5-6,8-10,13,25H2,1H3,(H,28,29,30)/t14-,20+/m0/s1. The minimum absolute atomic E-state index is 0.0768. The van der Waals surface area contributed by atoms with Gasteiger partial charge < -0.3 is 20.3 Å². The van der Waals surface area contributed by atoms with Crippen molar-refractivity contribution in [2.75, 3.05) is 36.0 Å². The topological polar surface area (TPSA) is 133 Å². The number of anilines is 3. The van der Waals surface area contributed by atoms with Gasteiger partial charge in [-0.2, -0.15) is 10.4 Å². The Morgan fingerprint density at radius 1 is 1.27 bits per heavy atom. The van der Waals surface area contributed by atoms with Crippen molar-refractivity contribution in [2.24, 2.45) is 11.1 Å². The first kappa shape index (κ1) is 20.3. The lowest BCUT2D eigenvalue weighted by Gasteiger charge is -2.41. The van der Waals surface area contributed by atoms with Crippen LogP contribution in [0.15, 0.2) is 18.5 Å². The maximum absolute atomic E-state index is 9.44. The van der Waals surface area contributed by atoms with Crippen LogP contribution in [-0.2, 0) is 11.2 Å². The summed E-state index contributed by atoms with van der Waals surface area (Å²) in [6.45, 7) is 5.39. The average Bonchev–Trinajstić information content (AvgIpc) is 3.40. The lowest BCUT2D eigenvalue weighted by atomic mass is 9.73. The summed E-state index contributed by atoms with van der Waals surface area (Å²) in [5.74, 6) is 1.59. The molecule has 33 heavy (non-hydrogen) atoms. The highest BCUT2D eigenvalue weighted by Crippen LogP contribution is 2.42. The van der Waals surface area contributed by atoms with E-state index in [1.165, 1.54) is 0 Å². The summed E-state index contributed by atoms with van der Waals surface area (Å²) >= 11 is 0. The molecule has 3 N–H and O–H groups in total. The van der Waals surface area contributed by atoms with Gasteiger partial charge in [-0.05, 0) is 38.7 Å². The number of nitrogens with two attached hydrogens (primary N) is 1. The molecule has 6 heterocycles. The number of rotatable bonds is 2. The fourth-order valence-corrected chi connectivity index (χ4v) is 5.61. The first-order valence-corrected chi connectivity index (χ1v) is 11.6. The number of aromatic nitrogens is 5. The first-order valence-electron chi connectivity index (χ1n) is 11.6. The number of pyridine rings is 1. The zero-order valence-electron chi connectivity index (χ0n) is 18.7. The molecular formula is C23H27N9O. The van der Waals surface area contributed by atoms with E-state index in [1.54, 1.807) is 6.20 Å². The van der Waals surface area contributed by atoms with Gasteiger partial charge in [-0.1, -0.05) is 0 Å². The van der Waals surface area contributed by atoms with E-state index in [1.807, 2.05) is 12.3 Å². The van der Waals surface area contributed by atoms with Crippen LogP contribution in [0.2, 0.25) is 0 Å². The van der Waals surface area contributed by atoms with E-state index >= 15 is 0 Å². The van der Waals surface area contributed by atoms with Crippen molar-refractivity contribution in [2.45, 2.75) is 44.8 Å². The van der Waals surface area contributed by atoms with E-state index in [0.29, 0.717) is 11.3 Å². The van der Waals surface area contributed by atoms with Crippen molar-refractivity contribution in [3.05, 3.63) is 29.7 Å². The molecule has 2 saturated heterocycles.